The average Bonchev–Trinajstić information content (AvgIpc) is 3.30. The molecule has 0 aromatic heterocycles. The van der Waals surface area contributed by atoms with Crippen LogP contribution < -0.4 is 0 Å². The molecular formula is C23H26N2O4S. The number of rotatable bonds is 6. The van der Waals surface area contributed by atoms with Gasteiger partial charge in [-0.05, 0) is 17.5 Å². The normalized spacial score (nSPS) is 22.9. The van der Waals surface area contributed by atoms with E-state index in [1.807, 2.05) is 60.7 Å². The molecule has 0 N–H and O–H groups in total. The third-order valence-electron chi connectivity index (χ3n) is 5.90. The summed E-state index contributed by atoms with van der Waals surface area (Å²) in [5, 5.41) is 0. The van der Waals surface area contributed by atoms with Crippen molar-refractivity contribution in [2.45, 2.75) is 32.0 Å². The minimum Gasteiger partial charge on any atom is -0.338 e. The van der Waals surface area contributed by atoms with E-state index in [1.165, 1.54) is 0 Å². The van der Waals surface area contributed by atoms with Crippen molar-refractivity contribution in [3.63, 3.8) is 0 Å². The van der Waals surface area contributed by atoms with E-state index >= 15 is 0 Å². The van der Waals surface area contributed by atoms with Crippen molar-refractivity contribution >= 4 is 21.7 Å². The van der Waals surface area contributed by atoms with Crippen molar-refractivity contribution in [2.75, 3.05) is 18.1 Å². The Morgan fingerprint density at radius 2 is 1.53 bits per heavy atom. The second kappa shape index (κ2) is 8.60. The minimum absolute atomic E-state index is 0.0113. The number of hydrogen-bond donors (Lipinski definition) is 0. The average molecular weight is 427 g/mol. The van der Waals surface area contributed by atoms with E-state index in [0.717, 1.165) is 11.1 Å². The lowest BCUT2D eigenvalue weighted by molar-refractivity contribution is -0.137. The second-order valence-electron chi connectivity index (χ2n) is 8.17. The fourth-order valence-corrected chi connectivity index (χ4v) is 6.08. The van der Waals surface area contributed by atoms with Crippen molar-refractivity contribution in [1.29, 1.82) is 0 Å². The highest BCUT2D eigenvalue weighted by atomic mass is 32.2. The summed E-state index contributed by atoms with van der Waals surface area (Å²) >= 11 is 0. The number of likely N-dealkylation sites (tertiary alicyclic amines) is 1. The van der Waals surface area contributed by atoms with Gasteiger partial charge in [0.2, 0.25) is 11.8 Å². The van der Waals surface area contributed by atoms with Gasteiger partial charge in [0.15, 0.2) is 9.84 Å². The molecule has 2 amide bonds. The first-order valence-electron chi connectivity index (χ1n) is 10.3. The van der Waals surface area contributed by atoms with E-state index in [9.17, 15) is 18.0 Å². The smallest absolute Gasteiger partial charge is 0.228 e. The first kappa shape index (κ1) is 20.6. The minimum atomic E-state index is -3.08. The van der Waals surface area contributed by atoms with E-state index in [4.69, 9.17) is 0 Å². The third-order valence-corrected chi connectivity index (χ3v) is 7.65. The molecule has 4 rings (SSSR count). The quantitative estimate of drug-likeness (QED) is 0.710. The molecular weight excluding hydrogens is 400 g/mol. The van der Waals surface area contributed by atoms with Gasteiger partial charge in [-0.2, -0.15) is 0 Å². The Kier molecular flexibility index (Phi) is 5.90. The molecule has 2 atom stereocenters. The Labute approximate surface area is 177 Å². The van der Waals surface area contributed by atoms with Gasteiger partial charge in [0.05, 0.1) is 17.4 Å². The van der Waals surface area contributed by atoms with Crippen LogP contribution >= 0.6 is 0 Å². The van der Waals surface area contributed by atoms with Crippen LogP contribution in [0.3, 0.4) is 0 Å². The molecule has 2 aliphatic rings. The highest BCUT2D eigenvalue weighted by Gasteiger charge is 2.42. The topological polar surface area (TPSA) is 74.8 Å². The first-order valence-corrected chi connectivity index (χ1v) is 12.1. The molecule has 2 aliphatic heterocycles. The van der Waals surface area contributed by atoms with Crippen molar-refractivity contribution in [3.8, 4) is 0 Å². The standard InChI is InChI=1S/C23H26N2O4S/c26-22-13-20(16-25(22)21-11-12-30(28,29)17-21)23(27)24(14-18-7-3-1-4-8-18)15-19-9-5-2-6-10-19/h1-10,20-21H,11-17H2/t20-,21-/m0/s1. The van der Waals surface area contributed by atoms with Crippen molar-refractivity contribution in [1.82, 2.24) is 9.80 Å². The predicted molar refractivity (Wildman–Crippen MR) is 114 cm³/mol. The molecule has 2 heterocycles. The van der Waals surface area contributed by atoms with Gasteiger partial charge in [-0.15, -0.1) is 0 Å². The monoisotopic (exact) mass is 426 g/mol. The maximum Gasteiger partial charge on any atom is 0.228 e. The highest BCUT2D eigenvalue weighted by Crippen LogP contribution is 2.28. The molecule has 0 spiro atoms. The van der Waals surface area contributed by atoms with Crippen LogP contribution in [0, 0.1) is 5.92 Å². The van der Waals surface area contributed by atoms with Gasteiger partial charge < -0.3 is 9.80 Å². The van der Waals surface area contributed by atoms with Crippen LogP contribution in [-0.2, 0) is 32.5 Å². The Balaban J connectivity index is 1.50. The van der Waals surface area contributed by atoms with E-state index in [2.05, 4.69) is 0 Å². The van der Waals surface area contributed by atoms with E-state index < -0.39 is 15.8 Å². The van der Waals surface area contributed by atoms with Crippen molar-refractivity contribution in [3.05, 3.63) is 71.8 Å². The molecule has 0 saturated carbocycles. The summed E-state index contributed by atoms with van der Waals surface area (Å²) in [6, 6.07) is 19.3. The van der Waals surface area contributed by atoms with E-state index in [1.54, 1.807) is 9.80 Å². The van der Waals surface area contributed by atoms with Gasteiger partial charge in [-0.3, -0.25) is 9.59 Å². The lowest BCUT2D eigenvalue weighted by Crippen LogP contribution is -2.40. The summed E-state index contributed by atoms with van der Waals surface area (Å²) in [5.41, 5.74) is 2.06. The van der Waals surface area contributed by atoms with Crippen LogP contribution in [0.25, 0.3) is 0 Å². The molecule has 7 heteroatoms. The van der Waals surface area contributed by atoms with Crippen LogP contribution in [-0.4, -0.2) is 54.1 Å². The zero-order chi connectivity index (χ0) is 21.1. The molecule has 2 aromatic rings. The maximum atomic E-state index is 13.4. The van der Waals surface area contributed by atoms with Gasteiger partial charge in [-0.1, -0.05) is 60.7 Å². The lowest BCUT2D eigenvalue weighted by atomic mass is 10.1. The summed E-state index contributed by atoms with van der Waals surface area (Å²) in [6.07, 6.45) is 0.613. The predicted octanol–water partition coefficient (Wildman–Crippen LogP) is 2.25. The Bertz CT molecular complexity index is 967. The molecule has 0 radical (unpaired) electrons. The summed E-state index contributed by atoms with van der Waals surface area (Å²) in [5.74, 6) is -0.478. The Morgan fingerprint density at radius 3 is 2.03 bits per heavy atom. The number of amides is 2. The number of carbonyl (C=O) groups is 2. The highest BCUT2D eigenvalue weighted by molar-refractivity contribution is 7.91. The third kappa shape index (κ3) is 4.73. The number of carbonyl (C=O) groups excluding carboxylic acids is 2. The zero-order valence-electron chi connectivity index (χ0n) is 16.8. The van der Waals surface area contributed by atoms with E-state index in [0.29, 0.717) is 26.1 Å². The van der Waals surface area contributed by atoms with Crippen molar-refractivity contribution < 1.29 is 18.0 Å². The first-order chi connectivity index (χ1) is 14.4. The van der Waals surface area contributed by atoms with Crippen LogP contribution in [0.4, 0.5) is 0 Å². The van der Waals surface area contributed by atoms with Crippen LogP contribution in [0.15, 0.2) is 60.7 Å². The zero-order valence-corrected chi connectivity index (χ0v) is 17.6. The number of hydrogen-bond acceptors (Lipinski definition) is 4. The molecule has 2 fully saturated rings. The molecule has 6 nitrogen and oxygen atoms in total. The van der Waals surface area contributed by atoms with Gasteiger partial charge in [0, 0.05) is 32.1 Å². The molecule has 158 valence electrons. The Morgan fingerprint density at radius 1 is 0.967 bits per heavy atom. The number of benzene rings is 2. The van der Waals surface area contributed by atoms with Crippen LogP contribution in [0.5, 0.6) is 0 Å². The molecule has 30 heavy (non-hydrogen) atoms. The largest absolute Gasteiger partial charge is 0.338 e. The maximum absolute atomic E-state index is 13.4. The summed E-state index contributed by atoms with van der Waals surface area (Å²) in [6.45, 7) is 1.24. The SMILES string of the molecule is O=C([C@H]1CC(=O)N([C@H]2CCS(=O)(=O)C2)C1)N(Cc1ccccc1)Cc1ccccc1. The molecule has 0 bridgehead atoms. The van der Waals surface area contributed by atoms with Crippen LogP contribution in [0.2, 0.25) is 0 Å². The van der Waals surface area contributed by atoms with Gasteiger partial charge in [0.25, 0.3) is 0 Å². The summed E-state index contributed by atoms with van der Waals surface area (Å²) < 4.78 is 23.6. The lowest BCUT2D eigenvalue weighted by Gasteiger charge is -2.27. The van der Waals surface area contributed by atoms with Gasteiger partial charge in [0.1, 0.15) is 0 Å². The second-order valence-corrected chi connectivity index (χ2v) is 10.4. The molecule has 2 aromatic carbocycles. The number of sulfone groups is 1. The molecule has 0 aliphatic carbocycles. The van der Waals surface area contributed by atoms with Crippen LogP contribution in [0.1, 0.15) is 24.0 Å². The van der Waals surface area contributed by atoms with Crippen molar-refractivity contribution in [2.24, 2.45) is 5.92 Å². The van der Waals surface area contributed by atoms with E-state index in [-0.39, 0.29) is 35.8 Å². The fraction of sp³-hybridized carbons (Fsp3) is 0.391. The fourth-order valence-electron chi connectivity index (χ4n) is 4.35. The summed E-state index contributed by atoms with van der Waals surface area (Å²) in [7, 11) is -3.08. The molecule has 2 saturated heterocycles. The van der Waals surface area contributed by atoms with Gasteiger partial charge >= 0.3 is 0 Å². The van der Waals surface area contributed by atoms with Gasteiger partial charge in [-0.25, -0.2) is 8.42 Å². The molecule has 0 unspecified atom stereocenters. The Hall–Kier alpha value is -2.67. The number of nitrogens with zero attached hydrogens (tertiary/aromatic N) is 2. The summed E-state index contributed by atoms with van der Waals surface area (Å²) in [4.78, 5) is 29.4.